The van der Waals surface area contributed by atoms with E-state index in [-0.39, 0.29) is 0 Å². The van der Waals surface area contributed by atoms with E-state index in [9.17, 15) is 0 Å². The Kier molecular flexibility index (Phi) is 5.50. The van der Waals surface area contributed by atoms with Crippen molar-refractivity contribution in [3.05, 3.63) is 60.1 Å². The Morgan fingerprint density at radius 2 is 1.97 bits per heavy atom. The number of para-hydroxylation sites is 2. The summed E-state index contributed by atoms with van der Waals surface area (Å²) in [6.07, 6.45) is 8.03. The number of nitrogens with one attached hydrogen (secondary N) is 4. The van der Waals surface area contributed by atoms with E-state index in [0.29, 0.717) is 17.7 Å². The monoisotopic (exact) mass is 414 g/mol. The second-order valence-electron chi connectivity index (χ2n) is 7.89. The molecule has 2 aromatic carbocycles. The zero-order chi connectivity index (χ0) is 21.0. The summed E-state index contributed by atoms with van der Waals surface area (Å²) in [7, 11) is 0. The van der Waals surface area contributed by atoms with Crippen molar-refractivity contribution >= 4 is 23.1 Å². The molecule has 0 unspecified atom stereocenters. The Bertz CT molecular complexity index is 1140. The van der Waals surface area contributed by atoms with Gasteiger partial charge in [-0.15, -0.1) is 0 Å². The SMILES string of the molecule is N=C/C(=C\NC1CCNCC1)Nc1ncc2cccc(-c3cccc4c3OCC4)c2n1. The van der Waals surface area contributed by atoms with Gasteiger partial charge >= 0.3 is 0 Å². The van der Waals surface area contributed by atoms with Gasteiger partial charge in [-0.05, 0) is 31.5 Å². The number of ether oxygens (including phenoxy) is 1. The van der Waals surface area contributed by atoms with Crippen LogP contribution in [0, 0.1) is 5.41 Å². The summed E-state index contributed by atoms with van der Waals surface area (Å²) < 4.78 is 5.92. The van der Waals surface area contributed by atoms with Crippen molar-refractivity contribution < 1.29 is 4.74 Å². The van der Waals surface area contributed by atoms with Crippen molar-refractivity contribution in [3.63, 3.8) is 0 Å². The zero-order valence-corrected chi connectivity index (χ0v) is 17.3. The van der Waals surface area contributed by atoms with Crippen molar-refractivity contribution in [1.82, 2.24) is 20.6 Å². The van der Waals surface area contributed by atoms with Crippen LogP contribution in [0.2, 0.25) is 0 Å². The molecule has 0 radical (unpaired) electrons. The maximum atomic E-state index is 7.77. The quantitative estimate of drug-likeness (QED) is 0.462. The van der Waals surface area contributed by atoms with Gasteiger partial charge in [0.2, 0.25) is 5.95 Å². The van der Waals surface area contributed by atoms with Gasteiger partial charge in [-0.3, -0.25) is 0 Å². The van der Waals surface area contributed by atoms with Gasteiger partial charge in [0.1, 0.15) is 5.75 Å². The Labute approximate surface area is 181 Å². The molecule has 0 aliphatic carbocycles. The molecule has 0 atom stereocenters. The van der Waals surface area contributed by atoms with Crippen LogP contribution in [0.15, 0.2) is 54.5 Å². The fraction of sp³-hybridized carbons (Fsp3) is 0.292. The lowest BCUT2D eigenvalue weighted by Gasteiger charge is -2.23. The molecule has 1 fully saturated rings. The molecular formula is C24H26N6O. The largest absolute Gasteiger partial charge is 0.492 e. The van der Waals surface area contributed by atoms with Gasteiger partial charge in [-0.25, -0.2) is 9.97 Å². The maximum absolute atomic E-state index is 7.77. The number of rotatable bonds is 6. The Morgan fingerprint density at radius 1 is 1.13 bits per heavy atom. The third kappa shape index (κ3) is 4.09. The van der Waals surface area contributed by atoms with Crippen molar-refractivity contribution in [2.75, 3.05) is 25.0 Å². The molecule has 7 heteroatoms. The van der Waals surface area contributed by atoms with Crippen LogP contribution in [0.5, 0.6) is 5.75 Å². The zero-order valence-electron chi connectivity index (χ0n) is 17.3. The van der Waals surface area contributed by atoms with Crippen LogP contribution in [0.1, 0.15) is 18.4 Å². The third-order valence-corrected chi connectivity index (χ3v) is 5.84. The molecule has 0 saturated carbocycles. The van der Waals surface area contributed by atoms with Gasteiger partial charge in [-0.1, -0.05) is 36.4 Å². The summed E-state index contributed by atoms with van der Waals surface area (Å²) in [5.41, 5.74) is 4.80. The van der Waals surface area contributed by atoms with Crippen LogP contribution in [0.25, 0.3) is 22.0 Å². The summed E-state index contributed by atoms with van der Waals surface area (Å²) in [4.78, 5) is 9.26. The highest BCUT2D eigenvalue weighted by atomic mass is 16.5. The predicted octanol–water partition coefficient (Wildman–Crippen LogP) is 3.48. The Morgan fingerprint density at radius 3 is 2.84 bits per heavy atom. The summed E-state index contributed by atoms with van der Waals surface area (Å²) >= 11 is 0. The minimum atomic E-state index is 0.419. The predicted molar refractivity (Wildman–Crippen MR) is 124 cm³/mol. The van der Waals surface area contributed by atoms with Gasteiger partial charge < -0.3 is 26.1 Å². The standard InChI is InChI=1S/C24H26N6O/c25-13-19(15-27-18-7-10-26-11-8-18)29-24-28-14-17-4-2-5-20(22(17)30-24)21-6-1-3-16-9-12-31-23(16)21/h1-6,13-15,18,25-27H,7-12H2,(H,28,29,30)/b19-15+,25-13?. The van der Waals surface area contributed by atoms with Gasteiger partial charge in [0.05, 0.1) is 17.8 Å². The Hall–Kier alpha value is -3.45. The molecule has 3 aromatic rings. The summed E-state index contributed by atoms with van der Waals surface area (Å²) in [5, 5.41) is 18.7. The third-order valence-electron chi connectivity index (χ3n) is 5.84. The van der Waals surface area contributed by atoms with Crippen molar-refractivity contribution in [1.29, 1.82) is 5.41 Å². The smallest absolute Gasteiger partial charge is 0.227 e. The van der Waals surface area contributed by atoms with Crippen LogP contribution in [-0.4, -0.2) is 41.9 Å². The van der Waals surface area contributed by atoms with E-state index < -0.39 is 0 Å². The van der Waals surface area contributed by atoms with E-state index in [1.54, 1.807) is 0 Å². The Balaban J connectivity index is 1.45. The molecule has 2 aliphatic rings. The number of nitrogens with zero attached hydrogens (tertiary/aromatic N) is 2. The highest BCUT2D eigenvalue weighted by Crippen LogP contribution is 2.39. The van der Waals surface area contributed by atoms with Gasteiger partial charge in [0, 0.05) is 47.6 Å². The number of allylic oxidation sites excluding steroid dienone is 1. The second kappa shape index (κ2) is 8.73. The molecule has 0 spiro atoms. The molecule has 7 nitrogen and oxygen atoms in total. The number of benzene rings is 2. The van der Waals surface area contributed by atoms with Crippen LogP contribution in [0.3, 0.4) is 0 Å². The fourth-order valence-electron chi connectivity index (χ4n) is 4.20. The van der Waals surface area contributed by atoms with Crippen LogP contribution >= 0.6 is 0 Å². The van der Waals surface area contributed by atoms with Gasteiger partial charge in [-0.2, -0.15) is 0 Å². The molecule has 2 aliphatic heterocycles. The molecule has 0 amide bonds. The van der Waals surface area contributed by atoms with Crippen LogP contribution in [-0.2, 0) is 6.42 Å². The molecule has 0 bridgehead atoms. The molecule has 5 rings (SSSR count). The molecule has 1 saturated heterocycles. The van der Waals surface area contributed by atoms with Gasteiger partial charge in [0.25, 0.3) is 0 Å². The van der Waals surface area contributed by atoms with Crippen molar-refractivity contribution in [3.8, 4) is 16.9 Å². The number of piperidine rings is 1. The molecule has 31 heavy (non-hydrogen) atoms. The molecular weight excluding hydrogens is 388 g/mol. The molecule has 1 aromatic heterocycles. The second-order valence-corrected chi connectivity index (χ2v) is 7.89. The average Bonchev–Trinajstić information content (AvgIpc) is 3.31. The normalized spacial score (nSPS) is 16.6. The highest BCUT2D eigenvalue weighted by molar-refractivity contribution is 5.96. The summed E-state index contributed by atoms with van der Waals surface area (Å²) in [6.45, 7) is 2.75. The average molecular weight is 415 g/mol. The maximum Gasteiger partial charge on any atom is 0.227 e. The minimum Gasteiger partial charge on any atom is -0.492 e. The van der Waals surface area contributed by atoms with Crippen molar-refractivity contribution in [2.45, 2.75) is 25.3 Å². The fourth-order valence-corrected chi connectivity index (χ4v) is 4.20. The number of anilines is 1. The number of hydrogen-bond acceptors (Lipinski definition) is 7. The first-order chi connectivity index (χ1) is 15.3. The number of fused-ring (bicyclic) bond motifs is 2. The van der Waals surface area contributed by atoms with E-state index in [1.807, 2.05) is 24.5 Å². The lowest BCUT2D eigenvalue weighted by molar-refractivity contribution is 0.358. The topological polar surface area (TPSA) is 95.0 Å². The van der Waals surface area contributed by atoms with E-state index in [0.717, 1.165) is 66.7 Å². The highest BCUT2D eigenvalue weighted by Gasteiger charge is 2.19. The van der Waals surface area contributed by atoms with Crippen LogP contribution < -0.4 is 20.7 Å². The minimum absolute atomic E-state index is 0.419. The van der Waals surface area contributed by atoms with Crippen molar-refractivity contribution in [2.24, 2.45) is 0 Å². The lowest BCUT2D eigenvalue weighted by Crippen LogP contribution is -2.38. The summed E-state index contributed by atoms with van der Waals surface area (Å²) in [5.74, 6) is 1.42. The van der Waals surface area contributed by atoms with Gasteiger partial charge in [0.15, 0.2) is 0 Å². The van der Waals surface area contributed by atoms with E-state index >= 15 is 0 Å². The van der Waals surface area contributed by atoms with E-state index in [4.69, 9.17) is 15.1 Å². The van der Waals surface area contributed by atoms with Crippen LogP contribution in [0.4, 0.5) is 5.95 Å². The van der Waals surface area contributed by atoms with E-state index in [1.165, 1.54) is 11.8 Å². The lowest BCUT2D eigenvalue weighted by atomic mass is 9.99. The first kappa shape index (κ1) is 19.5. The molecule has 158 valence electrons. The first-order valence-electron chi connectivity index (χ1n) is 10.8. The molecule has 3 heterocycles. The first-order valence-corrected chi connectivity index (χ1v) is 10.8. The molecule has 4 N–H and O–H groups in total. The number of hydrogen-bond donors (Lipinski definition) is 4. The summed E-state index contributed by atoms with van der Waals surface area (Å²) in [6, 6.07) is 12.8. The van der Waals surface area contributed by atoms with E-state index in [2.05, 4.69) is 45.2 Å². The number of aromatic nitrogens is 2.